The third kappa shape index (κ3) is 3.15. The largest absolute Gasteiger partial charge is 0.303 e. The summed E-state index contributed by atoms with van der Waals surface area (Å²) < 4.78 is 25.2. The van der Waals surface area contributed by atoms with Gasteiger partial charge in [0.15, 0.2) is 9.84 Å². The molecule has 1 aromatic rings. The smallest absolute Gasteiger partial charge is 0.179 e. The third-order valence-corrected chi connectivity index (χ3v) is 9.08. The van der Waals surface area contributed by atoms with Crippen molar-refractivity contribution in [3.05, 3.63) is 29.3 Å². The van der Waals surface area contributed by atoms with Crippen LogP contribution in [0, 0.1) is 0 Å². The summed E-state index contributed by atoms with van der Waals surface area (Å²) in [6.45, 7) is 1.15. The molecule has 0 aliphatic carbocycles. The van der Waals surface area contributed by atoms with Crippen LogP contribution in [-0.2, 0) is 9.84 Å². The van der Waals surface area contributed by atoms with E-state index in [9.17, 15) is 8.42 Å². The molecule has 132 valence electrons. The molecule has 3 aliphatic rings. The first-order chi connectivity index (χ1) is 11.5. The van der Waals surface area contributed by atoms with E-state index in [1.165, 1.54) is 42.8 Å². The summed E-state index contributed by atoms with van der Waals surface area (Å²) in [6, 6.07) is 6.78. The Labute approximate surface area is 150 Å². The van der Waals surface area contributed by atoms with Gasteiger partial charge in [-0.3, -0.25) is 0 Å². The number of sulfone groups is 1. The van der Waals surface area contributed by atoms with E-state index in [0.717, 1.165) is 18.5 Å². The molecular formula is C19H27NO2S2. The summed E-state index contributed by atoms with van der Waals surface area (Å²) in [5.41, 5.74) is 2.49. The number of fused-ring (bicyclic) bond motifs is 1. The number of hydrogen-bond acceptors (Lipinski definition) is 4. The van der Waals surface area contributed by atoms with E-state index in [4.69, 9.17) is 0 Å². The summed E-state index contributed by atoms with van der Waals surface area (Å²) in [4.78, 5) is 3.02. The van der Waals surface area contributed by atoms with Gasteiger partial charge in [0, 0.05) is 12.0 Å². The van der Waals surface area contributed by atoms with Gasteiger partial charge in [-0.05, 0) is 80.3 Å². The predicted octanol–water partition coefficient (Wildman–Crippen LogP) is 3.65. The fourth-order valence-corrected chi connectivity index (χ4v) is 7.69. The first-order valence-corrected chi connectivity index (χ1v) is 12.0. The monoisotopic (exact) mass is 365 g/mol. The molecule has 2 fully saturated rings. The average molecular weight is 366 g/mol. The van der Waals surface area contributed by atoms with Crippen molar-refractivity contribution in [2.75, 3.05) is 30.9 Å². The SMILES string of the molecule is CN1CCC[C@@H]1CC1CS(=O)(=O)c2ccc(C3CCSCC3)cc21. The second-order valence-electron chi connectivity index (χ2n) is 7.67. The summed E-state index contributed by atoms with van der Waals surface area (Å²) >= 11 is 2.04. The Kier molecular flexibility index (Phi) is 4.69. The van der Waals surface area contributed by atoms with Crippen molar-refractivity contribution in [2.45, 2.75) is 54.9 Å². The van der Waals surface area contributed by atoms with Gasteiger partial charge < -0.3 is 4.90 Å². The van der Waals surface area contributed by atoms with Gasteiger partial charge in [-0.15, -0.1) is 0 Å². The van der Waals surface area contributed by atoms with E-state index in [0.29, 0.717) is 22.6 Å². The zero-order valence-electron chi connectivity index (χ0n) is 14.4. The van der Waals surface area contributed by atoms with Crippen LogP contribution < -0.4 is 0 Å². The van der Waals surface area contributed by atoms with Gasteiger partial charge in [-0.2, -0.15) is 11.8 Å². The predicted molar refractivity (Wildman–Crippen MR) is 101 cm³/mol. The lowest BCUT2D eigenvalue weighted by Gasteiger charge is -2.24. The van der Waals surface area contributed by atoms with E-state index in [1.54, 1.807) is 0 Å². The van der Waals surface area contributed by atoms with Crippen LogP contribution >= 0.6 is 11.8 Å². The molecule has 0 spiro atoms. The molecule has 4 rings (SSSR count). The second-order valence-corrected chi connectivity index (χ2v) is 10.9. The third-order valence-electron chi connectivity index (χ3n) is 6.15. The van der Waals surface area contributed by atoms with E-state index in [2.05, 4.69) is 24.1 Å². The minimum atomic E-state index is -3.08. The maximum absolute atomic E-state index is 12.6. The van der Waals surface area contributed by atoms with Gasteiger partial charge >= 0.3 is 0 Å². The van der Waals surface area contributed by atoms with Crippen LogP contribution in [0.1, 0.15) is 55.1 Å². The lowest BCUT2D eigenvalue weighted by molar-refractivity contribution is 0.286. The lowest BCUT2D eigenvalue weighted by Crippen LogP contribution is -2.27. The topological polar surface area (TPSA) is 37.4 Å². The fourth-order valence-electron chi connectivity index (χ4n) is 4.70. The van der Waals surface area contributed by atoms with Gasteiger partial charge in [-0.1, -0.05) is 12.1 Å². The summed E-state index contributed by atoms with van der Waals surface area (Å²) in [5.74, 6) is 3.59. The zero-order chi connectivity index (χ0) is 16.7. The van der Waals surface area contributed by atoms with Crippen molar-refractivity contribution in [1.82, 2.24) is 4.90 Å². The molecule has 0 aromatic heterocycles. The molecule has 0 N–H and O–H groups in total. The van der Waals surface area contributed by atoms with Gasteiger partial charge in [0.25, 0.3) is 0 Å². The van der Waals surface area contributed by atoms with Crippen molar-refractivity contribution in [1.29, 1.82) is 0 Å². The number of hydrogen-bond donors (Lipinski definition) is 0. The Morgan fingerprint density at radius 1 is 1.21 bits per heavy atom. The number of likely N-dealkylation sites (tertiary alicyclic amines) is 1. The molecule has 3 heterocycles. The maximum atomic E-state index is 12.6. The van der Waals surface area contributed by atoms with Gasteiger partial charge in [0.1, 0.15) is 0 Å². The number of rotatable bonds is 3. The molecule has 0 bridgehead atoms. The van der Waals surface area contributed by atoms with Gasteiger partial charge in [0.2, 0.25) is 0 Å². The average Bonchev–Trinajstić information content (AvgIpc) is 3.10. The minimum absolute atomic E-state index is 0.188. The van der Waals surface area contributed by atoms with Crippen molar-refractivity contribution in [3.8, 4) is 0 Å². The standard InChI is InChI=1S/C19H27NO2S2/c1-20-8-2-3-17(20)11-16-13-24(21,22)19-5-4-15(12-18(16)19)14-6-9-23-10-7-14/h4-5,12,14,16-17H,2-3,6-11,13H2,1H3/t16?,17-/m1/s1. The Hall–Kier alpha value is -0.520. The number of thioether (sulfide) groups is 1. The van der Waals surface area contributed by atoms with Crippen LogP contribution in [0.4, 0.5) is 0 Å². The molecule has 0 amide bonds. The quantitative estimate of drug-likeness (QED) is 0.819. The van der Waals surface area contributed by atoms with Crippen LogP contribution in [-0.4, -0.2) is 50.2 Å². The number of benzene rings is 1. The summed E-state index contributed by atoms with van der Waals surface area (Å²) in [5, 5.41) is 0. The van der Waals surface area contributed by atoms with Crippen LogP contribution in [0.3, 0.4) is 0 Å². The van der Waals surface area contributed by atoms with Crippen molar-refractivity contribution < 1.29 is 8.42 Å². The highest BCUT2D eigenvalue weighted by Gasteiger charge is 2.37. The van der Waals surface area contributed by atoms with Crippen LogP contribution in [0.2, 0.25) is 0 Å². The molecule has 3 aliphatic heterocycles. The van der Waals surface area contributed by atoms with Crippen LogP contribution in [0.15, 0.2) is 23.1 Å². The highest BCUT2D eigenvalue weighted by molar-refractivity contribution is 7.99. The van der Waals surface area contributed by atoms with E-state index >= 15 is 0 Å². The van der Waals surface area contributed by atoms with Gasteiger partial charge in [0.05, 0.1) is 10.6 Å². The van der Waals surface area contributed by atoms with E-state index in [1.807, 2.05) is 17.8 Å². The fraction of sp³-hybridized carbons (Fsp3) is 0.684. The molecule has 1 unspecified atom stereocenters. The Balaban J connectivity index is 1.63. The van der Waals surface area contributed by atoms with Crippen molar-refractivity contribution in [2.24, 2.45) is 0 Å². The molecular weight excluding hydrogens is 338 g/mol. The molecule has 2 atom stereocenters. The normalized spacial score (nSPS) is 30.5. The van der Waals surface area contributed by atoms with Crippen LogP contribution in [0.25, 0.3) is 0 Å². The minimum Gasteiger partial charge on any atom is -0.303 e. The van der Waals surface area contributed by atoms with E-state index < -0.39 is 9.84 Å². The maximum Gasteiger partial charge on any atom is 0.179 e. The molecule has 5 heteroatoms. The number of nitrogens with zero attached hydrogens (tertiary/aromatic N) is 1. The highest BCUT2D eigenvalue weighted by Crippen LogP contribution is 2.42. The van der Waals surface area contributed by atoms with Crippen molar-refractivity contribution >= 4 is 21.6 Å². The molecule has 3 nitrogen and oxygen atoms in total. The summed E-state index contributed by atoms with van der Waals surface area (Å²) in [6.07, 6.45) is 5.90. The van der Waals surface area contributed by atoms with Gasteiger partial charge in [-0.25, -0.2) is 8.42 Å². The molecule has 0 radical (unpaired) electrons. The molecule has 2 saturated heterocycles. The molecule has 24 heavy (non-hydrogen) atoms. The Morgan fingerprint density at radius 3 is 2.71 bits per heavy atom. The zero-order valence-corrected chi connectivity index (χ0v) is 16.0. The lowest BCUT2D eigenvalue weighted by atomic mass is 9.87. The first-order valence-electron chi connectivity index (χ1n) is 9.19. The molecule has 1 aromatic carbocycles. The Bertz CT molecular complexity index is 710. The van der Waals surface area contributed by atoms with Crippen LogP contribution in [0.5, 0.6) is 0 Å². The second kappa shape index (κ2) is 6.65. The van der Waals surface area contributed by atoms with E-state index in [-0.39, 0.29) is 5.92 Å². The summed E-state index contributed by atoms with van der Waals surface area (Å²) in [7, 11) is -0.905. The highest BCUT2D eigenvalue weighted by atomic mass is 32.2. The Morgan fingerprint density at radius 2 is 2.00 bits per heavy atom. The molecule has 0 saturated carbocycles. The first kappa shape index (κ1) is 16.9. The van der Waals surface area contributed by atoms with Crippen molar-refractivity contribution in [3.63, 3.8) is 0 Å².